The quantitative estimate of drug-likeness (QED) is 0.805. The summed E-state index contributed by atoms with van der Waals surface area (Å²) in [5.74, 6) is 0.105. The molecule has 0 aromatic heterocycles. The molecule has 1 aliphatic heterocycles. The summed E-state index contributed by atoms with van der Waals surface area (Å²) in [5, 5.41) is 5.99. The highest BCUT2D eigenvalue weighted by Gasteiger charge is 2.16. The van der Waals surface area contributed by atoms with Gasteiger partial charge in [0.15, 0.2) is 0 Å². The zero-order chi connectivity index (χ0) is 12.3. The molecule has 4 nitrogen and oxygen atoms in total. The van der Waals surface area contributed by atoms with Crippen molar-refractivity contribution in [3.63, 3.8) is 0 Å². The molecule has 1 saturated heterocycles. The first-order chi connectivity index (χ1) is 8.20. The molecule has 1 fully saturated rings. The number of anilines is 1. The Hall–Kier alpha value is -1.55. The van der Waals surface area contributed by atoms with Gasteiger partial charge < -0.3 is 15.5 Å². The van der Waals surface area contributed by atoms with E-state index in [1.807, 2.05) is 7.05 Å². The molecule has 2 N–H and O–H groups in total. The molecule has 0 spiro atoms. The van der Waals surface area contributed by atoms with E-state index in [9.17, 15) is 4.79 Å². The van der Waals surface area contributed by atoms with E-state index in [1.165, 1.54) is 11.1 Å². The standard InChI is InChI=1S/C13H19N3O/c1-10-7-12(4-3-11(10)8-14-2)16-6-5-15-13(17)9-16/h3-4,7,14H,5-6,8-9H2,1-2H3,(H,15,17). The Kier molecular flexibility index (Phi) is 3.64. The minimum Gasteiger partial charge on any atom is -0.360 e. The lowest BCUT2D eigenvalue weighted by Crippen LogP contribution is -2.47. The molecule has 0 atom stereocenters. The van der Waals surface area contributed by atoms with Crippen molar-refractivity contribution in [3.05, 3.63) is 29.3 Å². The number of nitrogens with one attached hydrogen (secondary N) is 2. The van der Waals surface area contributed by atoms with Gasteiger partial charge in [-0.3, -0.25) is 4.79 Å². The smallest absolute Gasteiger partial charge is 0.239 e. The van der Waals surface area contributed by atoms with Crippen molar-refractivity contribution in [2.24, 2.45) is 0 Å². The predicted octanol–water partition coefficient (Wildman–Crippen LogP) is 0.651. The SMILES string of the molecule is CNCc1ccc(N2CCNC(=O)C2)cc1C. The van der Waals surface area contributed by atoms with Gasteiger partial charge in [-0.25, -0.2) is 0 Å². The van der Waals surface area contributed by atoms with Crippen molar-refractivity contribution >= 4 is 11.6 Å². The molecule has 92 valence electrons. The lowest BCUT2D eigenvalue weighted by atomic mass is 10.1. The average molecular weight is 233 g/mol. The number of piperazine rings is 1. The van der Waals surface area contributed by atoms with Crippen LogP contribution in [0.3, 0.4) is 0 Å². The Morgan fingerprint density at radius 3 is 2.94 bits per heavy atom. The topological polar surface area (TPSA) is 44.4 Å². The maximum atomic E-state index is 11.3. The monoisotopic (exact) mass is 233 g/mol. The van der Waals surface area contributed by atoms with Crippen molar-refractivity contribution in [2.45, 2.75) is 13.5 Å². The molecule has 0 radical (unpaired) electrons. The van der Waals surface area contributed by atoms with Gasteiger partial charge in [0.1, 0.15) is 0 Å². The van der Waals surface area contributed by atoms with Crippen LogP contribution in [-0.2, 0) is 11.3 Å². The lowest BCUT2D eigenvalue weighted by Gasteiger charge is -2.29. The van der Waals surface area contributed by atoms with Crippen LogP contribution in [0.25, 0.3) is 0 Å². The van der Waals surface area contributed by atoms with Gasteiger partial charge in [0, 0.05) is 25.3 Å². The second-order valence-electron chi connectivity index (χ2n) is 4.41. The molecule has 1 aromatic rings. The van der Waals surface area contributed by atoms with E-state index < -0.39 is 0 Å². The van der Waals surface area contributed by atoms with Crippen LogP contribution in [0.1, 0.15) is 11.1 Å². The lowest BCUT2D eigenvalue weighted by molar-refractivity contribution is -0.120. The van der Waals surface area contributed by atoms with Crippen molar-refractivity contribution in [2.75, 3.05) is 31.6 Å². The molecule has 0 bridgehead atoms. The Labute approximate surface area is 102 Å². The van der Waals surface area contributed by atoms with Crippen LogP contribution in [-0.4, -0.2) is 32.6 Å². The average Bonchev–Trinajstić information content (AvgIpc) is 2.32. The molecule has 0 aliphatic carbocycles. The van der Waals surface area contributed by atoms with Gasteiger partial charge in [-0.15, -0.1) is 0 Å². The van der Waals surface area contributed by atoms with Crippen LogP contribution >= 0.6 is 0 Å². The minimum atomic E-state index is 0.105. The fourth-order valence-corrected chi connectivity index (χ4v) is 2.12. The second kappa shape index (κ2) is 5.19. The summed E-state index contributed by atoms with van der Waals surface area (Å²) in [4.78, 5) is 13.5. The maximum Gasteiger partial charge on any atom is 0.239 e. The van der Waals surface area contributed by atoms with Gasteiger partial charge in [0.2, 0.25) is 5.91 Å². The first-order valence-corrected chi connectivity index (χ1v) is 5.96. The van der Waals surface area contributed by atoms with Crippen LogP contribution in [0.2, 0.25) is 0 Å². The number of rotatable bonds is 3. The maximum absolute atomic E-state index is 11.3. The van der Waals surface area contributed by atoms with E-state index in [0.717, 1.165) is 25.3 Å². The first kappa shape index (κ1) is 11.9. The van der Waals surface area contributed by atoms with Crippen LogP contribution in [0.5, 0.6) is 0 Å². The zero-order valence-corrected chi connectivity index (χ0v) is 10.4. The van der Waals surface area contributed by atoms with Crippen LogP contribution in [0, 0.1) is 6.92 Å². The van der Waals surface area contributed by atoms with Crippen LogP contribution < -0.4 is 15.5 Å². The van der Waals surface area contributed by atoms with E-state index >= 15 is 0 Å². The zero-order valence-electron chi connectivity index (χ0n) is 10.4. The molecule has 17 heavy (non-hydrogen) atoms. The van der Waals surface area contributed by atoms with Crippen LogP contribution in [0.4, 0.5) is 5.69 Å². The molecule has 1 heterocycles. The molecule has 1 aromatic carbocycles. The van der Waals surface area contributed by atoms with E-state index in [0.29, 0.717) is 6.54 Å². The normalized spacial score (nSPS) is 15.9. The summed E-state index contributed by atoms with van der Waals surface area (Å²) in [7, 11) is 1.95. The van der Waals surface area contributed by atoms with Crippen molar-refractivity contribution in [1.29, 1.82) is 0 Å². The van der Waals surface area contributed by atoms with Gasteiger partial charge in [0.25, 0.3) is 0 Å². The highest BCUT2D eigenvalue weighted by molar-refractivity contribution is 5.82. The fourth-order valence-electron chi connectivity index (χ4n) is 2.12. The van der Waals surface area contributed by atoms with Gasteiger partial charge in [-0.2, -0.15) is 0 Å². The minimum absolute atomic E-state index is 0.105. The third kappa shape index (κ3) is 2.77. The van der Waals surface area contributed by atoms with E-state index in [1.54, 1.807) is 0 Å². The van der Waals surface area contributed by atoms with E-state index in [-0.39, 0.29) is 5.91 Å². The molecular weight excluding hydrogens is 214 g/mol. The molecular formula is C13H19N3O. The molecule has 4 heteroatoms. The predicted molar refractivity (Wildman–Crippen MR) is 69.2 cm³/mol. The highest BCUT2D eigenvalue weighted by Crippen LogP contribution is 2.19. The second-order valence-corrected chi connectivity index (χ2v) is 4.41. The summed E-state index contributed by atoms with van der Waals surface area (Å²) < 4.78 is 0. The number of carbonyl (C=O) groups excluding carboxylic acids is 1. The Morgan fingerprint density at radius 1 is 1.47 bits per heavy atom. The molecule has 1 amide bonds. The Bertz CT molecular complexity index is 417. The fraction of sp³-hybridized carbons (Fsp3) is 0.462. The number of aryl methyl sites for hydroxylation is 1. The number of hydrogen-bond donors (Lipinski definition) is 2. The number of hydrogen-bond acceptors (Lipinski definition) is 3. The summed E-state index contributed by atoms with van der Waals surface area (Å²) >= 11 is 0. The summed E-state index contributed by atoms with van der Waals surface area (Å²) in [5.41, 5.74) is 3.71. The van der Waals surface area contributed by atoms with Gasteiger partial charge in [0.05, 0.1) is 6.54 Å². The third-order valence-corrected chi connectivity index (χ3v) is 3.10. The molecule has 1 aliphatic rings. The van der Waals surface area contributed by atoms with Crippen molar-refractivity contribution < 1.29 is 4.79 Å². The van der Waals surface area contributed by atoms with Gasteiger partial charge >= 0.3 is 0 Å². The number of amides is 1. The van der Waals surface area contributed by atoms with Gasteiger partial charge in [-0.1, -0.05) is 6.07 Å². The van der Waals surface area contributed by atoms with E-state index in [2.05, 4.69) is 40.7 Å². The number of nitrogens with zero attached hydrogens (tertiary/aromatic N) is 1. The Morgan fingerprint density at radius 2 is 2.29 bits per heavy atom. The summed E-state index contributed by atoms with van der Waals surface area (Å²) in [6.07, 6.45) is 0. The highest BCUT2D eigenvalue weighted by atomic mass is 16.2. The third-order valence-electron chi connectivity index (χ3n) is 3.10. The molecule has 0 saturated carbocycles. The summed E-state index contributed by atoms with van der Waals surface area (Å²) in [6.45, 7) is 5.07. The van der Waals surface area contributed by atoms with Crippen LogP contribution in [0.15, 0.2) is 18.2 Å². The molecule has 0 unspecified atom stereocenters. The number of benzene rings is 1. The van der Waals surface area contributed by atoms with Crippen molar-refractivity contribution in [1.82, 2.24) is 10.6 Å². The van der Waals surface area contributed by atoms with E-state index in [4.69, 9.17) is 0 Å². The largest absolute Gasteiger partial charge is 0.360 e. The summed E-state index contributed by atoms with van der Waals surface area (Å²) in [6, 6.07) is 6.39. The van der Waals surface area contributed by atoms with Gasteiger partial charge in [-0.05, 0) is 37.2 Å². The van der Waals surface area contributed by atoms with Crippen molar-refractivity contribution in [3.8, 4) is 0 Å². The Balaban J connectivity index is 2.16. The number of carbonyl (C=O) groups is 1. The molecule has 2 rings (SSSR count). The first-order valence-electron chi connectivity index (χ1n) is 5.96.